The van der Waals surface area contributed by atoms with Gasteiger partial charge in [-0.05, 0) is 44.7 Å². The van der Waals surface area contributed by atoms with Crippen LogP contribution in [-0.4, -0.2) is 28.5 Å². The summed E-state index contributed by atoms with van der Waals surface area (Å²) in [4.78, 5) is 0. The first kappa shape index (κ1) is 14.4. The molecule has 2 rings (SSSR count). The largest absolute Gasteiger partial charge is 0.391 e. The summed E-state index contributed by atoms with van der Waals surface area (Å²) >= 11 is 0. The molecule has 0 aromatic carbocycles. The van der Waals surface area contributed by atoms with Crippen molar-refractivity contribution in [3.05, 3.63) is 18.5 Å². The molecule has 1 aromatic heterocycles. The van der Waals surface area contributed by atoms with Crippen LogP contribution in [0.4, 0.5) is 13.2 Å². The maximum atomic E-state index is 12.5. The highest BCUT2D eigenvalue weighted by atomic mass is 19.4. The molecule has 1 aliphatic carbocycles. The number of aromatic nitrogens is 2. The fraction of sp³-hybridized carbons (Fsp3) is 0.769. The molecule has 0 saturated heterocycles. The second kappa shape index (κ2) is 6.41. The molecule has 0 unspecified atom stereocenters. The molecule has 1 aliphatic rings. The van der Waals surface area contributed by atoms with Gasteiger partial charge in [0.2, 0.25) is 0 Å². The number of aryl methyl sites for hydroxylation is 1. The van der Waals surface area contributed by atoms with E-state index in [4.69, 9.17) is 0 Å². The molecule has 1 heterocycles. The summed E-state index contributed by atoms with van der Waals surface area (Å²) in [6.07, 6.45) is 2.38. The van der Waals surface area contributed by atoms with Gasteiger partial charge in [0.25, 0.3) is 0 Å². The zero-order valence-corrected chi connectivity index (χ0v) is 10.9. The second-order valence-electron chi connectivity index (χ2n) is 5.17. The van der Waals surface area contributed by atoms with Crippen LogP contribution in [0.2, 0.25) is 0 Å². The van der Waals surface area contributed by atoms with E-state index in [1.807, 2.05) is 16.9 Å². The van der Waals surface area contributed by atoms with Gasteiger partial charge in [-0.1, -0.05) is 0 Å². The van der Waals surface area contributed by atoms with E-state index in [9.17, 15) is 13.2 Å². The van der Waals surface area contributed by atoms with Crippen LogP contribution in [0.1, 0.15) is 32.1 Å². The lowest BCUT2D eigenvalue weighted by Gasteiger charge is -2.30. The third-order valence-electron chi connectivity index (χ3n) is 3.75. The Kier molecular flexibility index (Phi) is 4.85. The molecule has 0 spiro atoms. The lowest BCUT2D eigenvalue weighted by molar-refractivity contribution is -0.182. The average molecular weight is 275 g/mol. The molecule has 3 nitrogen and oxygen atoms in total. The van der Waals surface area contributed by atoms with Crippen LogP contribution in [0, 0.1) is 5.92 Å². The van der Waals surface area contributed by atoms with Gasteiger partial charge in [-0.25, -0.2) is 0 Å². The summed E-state index contributed by atoms with van der Waals surface area (Å²) in [5, 5.41) is 7.45. The number of alkyl halides is 3. The van der Waals surface area contributed by atoms with Gasteiger partial charge in [0, 0.05) is 25.0 Å². The van der Waals surface area contributed by atoms with Crippen molar-refractivity contribution >= 4 is 0 Å². The minimum atomic E-state index is -4.01. The first-order valence-electron chi connectivity index (χ1n) is 6.83. The second-order valence-corrected chi connectivity index (χ2v) is 5.17. The van der Waals surface area contributed by atoms with Crippen LogP contribution >= 0.6 is 0 Å². The Morgan fingerprint density at radius 3 is 2.53 bits per heavy atom. The minimum absolute atomic E-state index is 0.247. The van der Waals surface area contributed by atoms with Gasteiger partial charge in [0.05, 0.1) is 5.92 Å². The van der Waals surface area contributed by atoms with Crippen LogP contribution in [0.5, 0.6) is 0 Å². The summed E-state index contributed by atoms with van der Waals surface area (Å²) in [5.41, 5.74) is 0. The predicted molar refractivity (Wildman–Crippen MR) is 66.6 cm³/mol. The maximum Gasteiger partial charge on any atom is 0.391 e. The third-order valence-corrected chi connectivity index (χ3v) is 3.75. The zero-order valence-electron chi connectivity index (χ0n) is 10.9. The molecule has 0 aliphatic heterocycles. The van der Waals surface area contributed by atoms with Gasteiger partial charge in [0.1, 0.15) is 0 Å². The molecule has 1 aromatic rings. The lowest BCUT2D eigenvalue weighted by Crippen LogP contribution is -2.37. The Labute approximate surface area is 111 Å². The summed E-state index contributed by atoms with van der Waals surface area (Å²) in [7, 11) is 0. The lowest BCUT2D eigenvalue weighted by atomic mass is 9.85. The average Bonchev–Trinajstić information content (AvgIpc) is 2.87. The molecule has 0 radical (unpaired) electrons. The maximum absolute atomic E-state index is 12.5. The topological polar surface area (TPSA) is 29.9 Å². The molecule has 1 fully saturated rings. The van der Waals surface area contributed by atoms with Crippen LogP contribution in [-0.2, 0) is 6.54 Å². The van der Waals surface area contributed by atoms with E-state index in [1.165, 1.54) is 0 Å². The van der Waals surface area contributed by atoms with Crippen molar-refractivity contribution in [2.24, 2.45) is 5.92 Å². The van der Waals surface area contributed by atoms with Gasteiger partial charge in [-0.2, -0.15) is 18.3 Å². The van der Waals surface area contributed by atoms with Crippen LogP contribution in [0.25, 0.3) is 0 Å². The number of hydrogen-bond acceptors (Lipinski definition) is 2. The van der Waals surface area contributed by atoms with Crippen LogP contribution in [0.3, 0.4) is 0 Å². The summed E-state index contributed by atoms with van der Waals surface area (Å²) in [5.74, 6) is -1.09. The SMILES string of the molecule is FC(F)(F)C1CCC(NCCCn2cccn2)CC1. The molecule has 6 heteroatoms. The Morgan fingerprint density at radius 2 is 1.95 bits per heavy atom. The number of hydrogen-bond donors (Lipinski definition) is 1. The van der Waals surface area contributed by atoms with Gasteiger partial charge >= 0.3 is 6.18 Å². The Hall–Kier alpha value is -1.04. The van der Waals surface area contributed by atoms with Crippen LogP contribution in [0.15, 0.2) is 18.5 Å². The third kappa shape index (κ3) is 4.53. The summed E-state index contributed by atoms with van der Waals surface area (Å²) in [6.45, 7) is 1.68. The van der Waals surface area contributed by atoms with Crippen molar-refractivity contribution in [1.29, 1.82) is 0 Å². The highest BCUT2D eigenvalue weighted by Crippen LogP contribution is 2.37. The zero-order chi connectivity index (χ0) is 13.7. The minimum Gasteiger partial charge on any atom is -0.314 e. The molecule has 0 atom stereocenters. The molecule has 0 amide bonds. The van der Waals surface area contributed by atoms with E-state index in [0.717, 1.165) is 19.5 Å². The highest BCUT2D eigenvalue weighted by Gasteiger charge is 2.41. The van der Waals surface area contributed by atoms with E-state index in [1.54, 1.807) is 6.20 Å². The van der Waals surface area contributed by atoms with Crippen molar-refractivity contribution in [3.8, 4) is 0 Å². The van der Waals surface area contributed by atoms with Gasteiger partial charge < -0.3 is 5.32 Å². The van der Waals surface area contributed by atoms with E-state index in [-0.39, 0.29) is 18.9 Å². The van der Waals surface area contributed by atoms with E-state index in [2.05, 4.69) is 10.4 Å². The van der Waals surface area contributed by atoms with Crippen molar-refractivity contribution in [2.45, 2.75) is 50.9 Å². The number of rotatable bonds is 5. The summed E-state index contributed by atoms with van der Waals surface area (Å²) in [6, 6.07) is 2.13. The van der Waals surface area contributed by atoms with E-state index >= 15 is 0 Å². The van der Waals surface area contributed by atoms with Crippen molar-refractivity contribution in [2.75, 3.05) is 6.54 Å². The van der Waals surface area contributed by atoms with Crippen LogP contribution < -0.4 is 5.32 Å². The Balaban J connectivity index is 1.58. The van der Waals surface area contributed by atoms with Crippen molar-refractivity contribution < 1.29 is 13.2 Å². The first-order chi connectivity index (χ1) is 9.05. The fourth-order valence-corrected chi connectivity index (χ4v) is 2.60. The quantitative estimate of drug-likeness (QED) is 0.837. The van der Waals surface area contributed by atoms with Gasteiger partial charge in [-0.3, -0.25) is 4.68 Å². The molecule has 19 heavy (non-hydrogen) atoms. The normalized spacial score (nSPS) is 24.6. The Bertz CT molecular complexity index is 354. The Morgan fingerprint density at radius 1 is 1.21 bits per heavy atom. The molecular weight excluding hydrogens is 255 g/mol. The van der Waals surface area contributed by atoms with Crippen molar-refractivity contribution in [1.82, 2.24) is 15.1 Å². The highest BCUT2D eigenvalue weighted by molar-refractivity contribution is 4.81. The molecular formula is C13H20F3N3. The van der Waals surface area contributed by atoms with Crippen molar-refractivity contribution in [3.63, 3.8) is 0 Å². The summed E-state index contributed by atoms with van der Waals surface area (Å²) < 4.78 is 39.4. The van der Waals surface area contributed by atoms with E-state index in [0.29, 0.717) is 12.8 Å². The number of halogens is 3. The number of nitrogens with zero attached hydrogens (tertiary/aromatic N) is 2. The fourth-order valence-electron chi connectivity index (χ4n) is 2.60. The van der Waals surface area contributed by atoms with Gasteiger partial charge in [0.15, 0.2) is 0 Å². The monoisotopic (exact) mass is 275 g/mol. The molecule has 0 bridgehead atoms. The molecule has 1 saturated carbocycles. The molecule has 108 valence electrons. The first-order valence-corrected chi connectivity index (χ1v) is 6.83. The van der Waals surface area contributed by atoms with Gasteiger partial charge in [-0.15, -0.1) is 0 Å². The predicted octanol–water partition coefficient (Wildman–Crippen LogP) is 2.98. The number of nitrogens with one attached hydrogen (secondary N) is 1. The molecule has 1 N–H and O–H groups in total. The van der Waals surface area contributed by atoms with E-state index < -0.39 is 12.1 Å². The smallest absolute Gasteiger partial charge is 0.314 e. The standard InChI is InChI=1S/C13H20F3N3/c14-13(15,16)11-3-5-12(6-4-11)17-7-1-9-19-10-2-8-18-19/h2,8,10-12,17H,1,3-7,9H2.